The molecule has 0 aliphatic heterocycles. The average molecular weight is 476 g/mol. The minimum absolute atomic E-state index is 0. The molecule has 9 heteroatoms. The SMILES string of the molecule is CCCCCC=CCC=CCC=CCC=CCCCC(=O)OCC(O)COP(=O)([O-])O.[NH4+]. The van der Waals surface area contributed by atoms with E-state index in [0.29, 0.717) is 6.42 Å². The van der Waals surface area contributed by atoms with E-state index in [1.54, 1.807) is 0 Å². The topological polar surface area (TPSA) is 153 Å². The van der Waals surface area contributed by atoms with Gasteiger partial charge in [-0.05, 0) is 44.9 Å². The van der Waals surface area contributed by atoms with Crippen molar-refractivity contribution in [3.8, 4) is 0 Å². The number of carbonyl (C=O) groups is 1. The first-order chi connectivity index (χ1) is 14.8. The molecular weight excluding hydrogens is 433 g/mol. The number of aliphatic hydroxyl groups excluding tert-OH is 1. The molecule has 0 bridgehead atoms. The standard InChI is InChI=1S/C23H39O7P.H3N/c1-2-3-4-5-6-7-8-9-10-11-12-13-14-15-16-17-18-19-23(25)29-20-22(24)21-30-31(26,27)28;/h6-7,9-10,12-13,15-16,22,24H,2-5,8,11,14,17-21H2,1H3,(H2,26,27,28);1H3. The third kappa shape index (κ3) is 26.5. The van der Waals surface area contributed by atoms with Gasteiger partial charge in [0.25, 0.3) is 7.82 Å². The Balaban J connectivity index is 0. The fourth-order valence-electron chi connectivity index (χ4n) is 2.41. The van der Waals surface area contributed by atoms with Crippen molar-refractivity contribution < 1.29 is 33.5 Å². The predicted molar refractivity (Wildman–Crippen MR) is 127 cm³/mol. The van der Waals surface area contributed by atoms with Crippen molar-refractivity contribution in [2.75, 3.05) is 13.2 Å². The second kappa shape index (κ2) is 22.6. The highest BCUT2D eigenvalue weighted by Crippen LogP contribution is 2.30. The third-order valence-corrected chi connectivity index (χ3v) is 4.55. The number of carbonyl (C=O) groups excluding carboxylic acids is 1. The Morgan fingerprint density at radius 1 is 0.906 bits per heavy atom. The van der Waals surface area contributed by atoms with E-state index in [2.05, 4.69) is 47.9 Å². The smallest absolute Gasteiger partial charge is 0.305 e. The molecule has 2 atom stereocenters. The molecule has 0 spiro atoms. The van der Waals surface area contributed by atoms with Crippen molar-refractivity contribution in [2.45, 2.75) is 77.2 Å². The van der Waals surface area contributed by atoms with Gasteiger partial charge < -0.3 is 30.3 Å². The van der Waals surface area contributed by atoms with Crippen LogP contribution in [0.2, 0.25) is 0 Å². The molecule has 0 saturated heterocycles. The van der Waals surface area contributed by atoms with E-state index < -0.39 is 26.5 Å². The van der Waals surface area contributed by atoms with E-state index >= 15 is 0 Å². The fraction of sp³-hybridized carbons (Fsp3) is 0.609. The zero-order valence-electron chi connectivity index (χ0n) is 19.6. The largest absolute Gasteiger partial charge is 0.756 e. The van der Waals surface area contributed by atoms with Crippen LogP contribution in [0, 0.1) is 0 Å². The van der Waals surface area contributed by atoms with Crippen LogP contribution in [-0.2, 0) is 18.6 Å². The molecule has 186 valence electrons. The molecule has 0 saturated carbocycles. The molecule has 0 aliphatic rings. The van der Waals surface area contributed by atoms with Gasteiger partial charge in [0, 0.05) is 6.42 Å². The monoisotopic (exact) mass is 475 g/mol. The number of phosphoric ester groups is 1. The summed E-state index contributed by atoms with van der Waals surface area (Å²) in [4.78, 5) is 30.3. The molecule has 6 N–H and O–H groups in total. The number of hydrogen-bond acceptors (Lipinski definition) is 6. The summed E-state index contributed by atoms with van der Waals surface area (Å²) in [5.41, 5.74) is 0. The molecule has 0 rings (SSSR count). The van der Waals surface area contributed by atoms with Crippen molar-refractivity contribution >= 4 is 13.8 Å². The average Bonchev–Trinajstić information content (AvgIpc) is 2.72. The van der Waals surface area contributed by atoms with Crippen LogP contribution >= 0.6 is 7.82 Å². The second-order valence-electron chi connectivity index (χ2n) is 7.08. The lowest BCUT2D eigenvalue weighted by Crippen LogP contribution is -2.24. The van der Waals surface area contributed by atoms with Gasteiger partial charge >= 0.3 is 5.97 Å². The van der Waals surface area contributed by atoms with Gasteiger partial charge in [0.05, 0.1) is 6.61 Å². The lowest BCUT2D eigenvalue weighted by molar-refractivity contribution is -0.222. The van der Waals surface area contributed by atoms with Gasteiger partial charge in [-0.3, -0.25) is 9.36 Å². The summed E-state index contributed by atoms with van der Waals surface area (Å²) in [5, 5.41) is 9.38. The van der Waals surface area contributed by atoms with Crippen molar-refractivity contribution in [1.82, 2.24) is 6.15 Å². The molecule has 8 nitrogen and oxygen atoms in total. The summed E-state index contributed by atoms with van der Waals surface area (Å²) in [6.45, 7) is 1.17. The van der Waals surface area contributed by atoms with E-state index in [1.807, 2.05) is 12.2 Å². The first-order valence-corrected chi connectivity index (χ1v) is 12.5. The molecule has 0 aromatic carbocycles. The summed E-state index contributed by atoms with van der Waals surface area (Å²) in [7, 11) is -4.88. The number of ether oxygens (including phenoxy) is 1. The number of rotatable bonds is 19. The van der Waals surface area contributed by atoms with Gasteiger partial charge in [-0.1, -0.05) is 68.4 Å². The molecule has 32 heavy (non-hydrogen) atoms. The van der Waals surface area contributed by atoms with Gasteiger partial charge in [-0.2, -0.15) is 0 Å². The second-order valence-corrected chi connectivity index (χ2v) is 8.28. The Labute approximate surface area is 192 Å². The molecular formula is C23H42NO7P. The quantitative estimate of drug-likeness (QED) is 0.104. The highest BCUT2D eigenvalue weighted by Gasteiger charge is 2.11. The molecule has 0 radical (unpaired) electrons. The highest BCUT2D eigenvalue weighted by molar-refractivity contribution is 7.44. The minimum Gasteiger partial charge on any atom is -0.756 e. The van der Waals surface area contributed by atoms with E-state index in [0.717, 1.165) is 25.7 Å². The van der Waals surface area contributed by atoms with Crippen LogP contribution in [0.4, 0.5) is 0 Å². The summed E-state index contributed by atoms with van der Waals surface area (Å²) in [5.74, 6) is -0.482. The molecule has 0 aromatic heterocycles. The van der Waals surface area contributed by atoms with Crippen LogP contribution in [0.5, 0.6) is 0 Å². The first kappa shape index (κ1) is 32.6. The predicted octanol–water partition coefficient (Wildman–Crippen LogP) is 4.89. The van der Waals surface area contributed by atoms with Crippen LogP contribution in [0.25, 0.3) is 0 Å². The Bertz CT molecular complexity index is 611. The summed E-state index contributed by atoms with van der Waals surface area (Å²) >= 11 is 0. The summed E-state index contributed by atoms with van der Waals surface area (Å²) < 4.78 is 19.2. The van der Waals surface area contributed by atoms with E-state index in [-0.39, 0.29) is 19.2 Å². The third-order valence-electron chi connectivity index (χ3n) is 4.08. The Morgan fingerprint density at radius 2 is 1.41 bits per heavy atom. The fourth-order valence-corrected chi connectivity index (χ4v) is 2.78. The number of esters is 1. The minimum atomic E-state index is -4.88. The van der Waals surface area contributed by atoms with Crippen LogP contribution < -0.4 is 11.0 Å². The summed E-state index contributed by atoms with van der Waals surface area (Å²) in [6, 6.07) is 0. The number of hydrogen-bond donors (Lipinski definition) is 3. The van der Waals surface area contributed by atoms with E-state index in [1.165, 1.54) is 25.7 Å². The molecule has 2 unspecified atom stereocenters. The maximum absolute atomic E-state index is 11.5. The molecule has 0 aliphatic carbocycles. The summed E-state index contributed by atoms with van der Waals surface area (Å²) in [6.07, 6.45) is 25.1. The van der Waals surface area contributed by atoms with Crippen molar-refractivity contribution in [2.24, 2.45) is 0 Å². The number of phosphoric acid groups is 1. The number of quaternary nitrogens is 1. The lowest BCUT2D eigenvalue weighted by Gasteiger charge is -2.18. The lowest BCUT2D eigenvalue weighted by atomic mass is 10.2. The van der Waals surface area contributed by atoms with E-state index in [9.17, 15) is 19.4 Å². The molecule has 0 fully saturated rings. The van der Waals surface area contributed by atoms with E-state index in [4.69, 9.17) is 9.63 Å². The van der Waals surface area contributed by atoms with Gasteiger partial charge in [0.15, 0.2) is 0 Å². The maximum atomic E-state index is 11.5. The molecule has 0 aromatic rings. The zero-order valence-corrected chi connectivity index (χ0v) is 20.5. The van der Waals surface area contributed by atoms with Gasteiger partial charge in [-0.25, -0.2) is 0 Å². The maximum Gasteiger partial charge on any atom is 0.305 e. The van der Waals surface area contributed by atoms with Gasteiger partial charge in [-0.15, -0.1) is 0 Å². The van der Waals surface area contributed by atoms with Crippen LogP contribution in [0.15, 0.2) is 48.6 Å². The molecule has 0 heterocycles. The van der Waals surface area contributed by atoms with Crippen LogP contribution in [0.1, 0.15) is 71.1 Å². The number of aliphatic hydroxyl groups is 1. The van der Waals surface area contributed by atoms with Crippen molar-refractivity contribution in [3.05, 3.63) is 48.6 Å². The van der Waals surface area contributed by atoms with Gasteiger partial charge in [0.2, 0.25) is 0 Å². The normalized spacial score (nSPS) is 14.9. The first-order valence-electron chi connectivity index (χ1n) is 11.0. The number of unbranched alkanes of at least 4 members (excludes halogenated alkanes) is 4. The molecule has 0 amide bonds. The van der Waals surface area contributed by atoms with Crippen LogP contribution in [0.3, 0.4) is 0 Å². The van der Waals surface area contributed by atoms with Crippen molar-refractivity contribution in [3.63, 3.8) is 0 Å². The Hall–Kier alpha value is -1.54. The van der Waals surface area contributed by atoms with Crippen molar-refractivity contribution in [1.29, 1.82) is 0 Å². The van der Waals surface area contributed by atoms with Gasteiger partial charge in [0.1, 0.15) is 12.7 Å². The Kier molecular flexibility index (Phi) is 23.1. The zero-order chi connectivity index (χ0) is 23.2. The highest BCUT2D eigenvalue weighted by atomic mass is 31.2. The number of allylic oxidation sites excluding steroid dienone is 8. The Morgan fingerprint density at radius 3 is 1.91 bits per heavy atom. The van der Waals surface area contributed by atoms with Crippen LogP contribution in [-0.4, -0.2) is 35.3 Å².